The second kappa shape index (κ2) is 9.78. The molecule has 3 unspecified atom stereocenters. The third kappa shape index (κ3) is 8.59. The number of carbonyl (C=O) groups excluding carboxylic acids is 2. The fourth-order valence-corrected chi connectivity index (χ4v) is 1.72. The SMILES string of the molecule is CCCC(C)OC(=O)CC(O)C(=O)OC(C)CCC. The highest BCUT2D eigenvalue weighted by Crippen LogP contribution is 2.07. The van der Waals surface area contributed by atoms with E-state index in [-0.39, 0.29) is 18.6 Å². The van der Waals surface area contributed by atoms with Gasteiger partial charge in [0.25, 0.3) is 0 Å². The van der Waals surface area contributed by atoms with Crippen molar-refractivity contribution in [2.75, 3.05) is 0 Å². The zero-order chi connectivity index (χ0) is 14.8. The third-order valence-corrected chi connectivity index (χ3v) is 2.67. The molecule has 5 nitrogen and oxygen atoms in total. The smallest absolute Gasteiger partial charge is 0.335 e. The van der Waals surface area contributed by atoms with Gasteiger partial charge in [0.05, 0.1) is 18.6 Å². The molecule has 0 saturated heterocycles. The average molecular weight is 274 g/mol. The summed E-state index contributed by atoms with van der Waals surface area (Å²) in [6.07, 6.45) is 1.05. The molecule has 3 atom stereocenters. The Morgan fingerprint density at radius 2 is 1.47 bits per heavy atom. The second-order valence-electron chi connectivity index (χ2n) is 4.85. The largest absolute Gasteiger partial charge is 0.463 e. The van der Waals surface area contributed by atoms with Crippen LogP contribution in [0.4, 0.5) is 0 Å². The molecule has 112 valence electrons. The summed E-state index contributed by atoms with van der Waals surface area (Å²) >= 11 is 0. The van der Waals surface area contributed by atoms with E-state index in [2.05, 4.69) is 0 Å². The molecule has 1 N–H and O–H groups in total. The lowest BCUT2D eigenvalue weighted by Gasteiger charge is -2.16. The Labute approximate surface area is 115 Å². The number of rotatable bonds is 9. The summed E-state index contributed by atoms with van der Waals surface area (Å²) < 4.78 is 10.1. The molecule has 0 aliphatic carbocycles. The maximum Gasteiger partial charge on any atom is 0.335 e. The first kappa shape index (κ1) is 17.9. The molecule has 0 heterocycles. The summed E-state index contributed by atoms with van der Waals surface area (Å²) in [7, 11) is 0. The van der Waals surface area contributed by atoms with Gasteiger partial charge in [-0.15, -0.1) is 0 Å². The number of esters is 2. The van der Waals surface area contributed by atoms with Crippen LogP contribution in [0, 0.1) is 0 Å². The van der Waals surface area contributed by atoms with Crippen molar-refractivity contribution in [1.29, 1.82) is 0 Å². The minimum absolute atomic E-state index is 0.195. The first-order valence-corrected chi connectivity index (χ1v) is 6.98. The van der Waals surface area contributed by atoms with Gasteiger partial charge in [-0.2, -0.15) is 0 Å². The molecule has 19 heavy (non-hydrogen) atoms. The molecule has 0 spiro atoms. The zero-order valence-corrected chi connectivity index (χ0v) is 12.3. The summed E-state index contributed by atoms with van der Waals surface area (Å²) in [5.74, 6) is -1.34. The summed E-state index contributed by atoms with van der Waals surface area (Å²) in [6, 6.07) is 0. The minimum Gasteiger partial charge on any atom is -0.463 e. The summed E-state index contributed by atoms with van der Waals surface area (Å²) in [5, 5.41) is 9.57. The Kier molecular flexibility index (Phi) is 9.21. The zero-order valence-electron chi connectivity index (χ0n) is 12.3. The van der Waals surface area contributed by atoms with Crippen LogP contribution in [0.1, 0.15) is 59.8 Å². The maximum absolute atomic E-state index is 11.5. The van der Waals surface area contributed by atoms with E-state index in [1.54, 1.807) is 13.8 Å². The van der Waals surface area contributed by atoms with Gasteiger partial charge in [0.1, 0.15) is 0 Å². The van der Waals surface area contributed by atoms with Crippen molar-refractivity contribution in [3.63, 3.8) is 0 Å². The maximum atomic E-state index is 11.5. The summed E-state index contributed by atoms with van der Waals surface area (Å²) in [4.78, 5) is 23.0. The Morgan fingerprint density at radius 3 is 1.95 bits per heavy atom. The van der Waals surface area contributed by atoms with Crippen LogP contribution in [-0.4, -0.2) is 35.4 Å². The summed E-state index contributed by atoms with van der Waals surface area (Å²) in [5.41, 5.74) is 0. The monoisotopic (exact) mass is 274 g/mol. The lowest BCUT2D eigenvalue weighted by molar-refractivity contribution is -0.165. The van der Waals surface area contributed by atoms with Crippen LogP contribution in [-0.2, 0) is 19.1 Å². The van der Waals surface area contributed by atoms with E-state index in [0.717, 1.165) is 25.7 Å². The molecular weight excluding hydrogens is 248 g/mol. The normalized spacial score (nSPS) is 15.4. The molecule has 0 fully saturated rings. The van der Waals surface area contributed by atoms with E-state index in [4.69, 9.17) is 9.47 Å². The van der Waals surface area contributed by atoms with Gasteiger partial charge in [0.15, 0.2) is 6.10 Å². The van der Waals surface area contributed by atoms with E-state index >= 15 is 0 Å². The minimum atomic E-state index is -1.44. The average Bonchev–Trinajstić information content (AvgIpc) is 2.28. The number of hydrogen-bond acceptors (Lipinski definition) is 5. The third-order valence-electron chi connectivity index (χ3n) is 2.67. The van der Waals surface area contributed by atoms with Gasteiger partial charge in [0, 0.05) is 0 Å². The molecule has 0 amide bonds. The van der Waals surface area contributed by atoms with Gasteiger partial charge >= 0.3 is 11.9 Å². The van der Waals surface area contributed by atoms with Crippen LogP contribution in [0.2, 0.25) is 0 Å². The number of carbonyl (C=O) groups is 2. The molecular formula is C14H26O5. The van der Waals surface area contributed by atoms with E-state index < -0.39 is 18.0 Å². The van der Waals surface area contributed by atoms with Crippen LogP contribution in [0.15, 0.2) is 0 Å². The highest BCUT2D eigenvalue weighted by atomic mass is 16.6. The van der Waals surface area contributed by atoms with Gasteiger partial charge in [-0.1, -0.05) is 26.7 Å². The Bertz CT molecular complexity index is 277. The highest BCUT2D eigenvalue weighted by Gasteiger charge is 2.23. The van der Waals surface area contributed by atoms with Crippen molar-refractivity contribution in [3.8, 4) is 0 Å². The lowest BCUT2D eigenvalue weighted by Crippen LogP contribution is -2.30. The van der Waals surface area contributed by atoms with Gasteiger partial charge in [-0.05, 0) is 26.7 Å². The predicted octanol–water partition coefficient (Wildman–Crippen LogP) is 2.20. The molecule has 0 saturated carbocycles. The molecule has 0 radical (unpaired) electrons. The van der Waals surface area contributed by atoms with Crippen molar-refractivity contribution in [3.05, 3.63) is 0 Å². The molecule has 0 aliphatic rings. The highest BCUT2D eigenvalue weighted by molar-refractivity contribution is 5.81. The fourth-order valence-electron chi connectivity index (χ4n) is 1.72. The molecule has 0 aromatic rings. The first-order chi connectivity index (χ1) is 8.90. The molecule has 0 aromatic carbocycles. The van der Waals surface area contributed by atoms with Crippen LogP contribution in [0.5, 0.6) is 0 Å². The molecule has 0 rings (SSSR count). The van der Waals surface area contributed by atoms with E-state index in [0.29, 0.717) is 0 Å². The molecule has 0 bridgehead atoms. The number of ether oxygens (including phenoxy) is 2. The van der Waals surface area contributed by atoms with Crippen LogP contribution in [0.25, 0.3) is 0 Å². The van der Waals surface area contributed by atoms with Crippen molar-refractivity contribution < 1.29 is 24.2 Å². The van der Waals surface area contributed by atoms with E-state index in [1.165, 1.54) is 0 Å². The molecule has 0 aliphatic heterocycles. The Balaban J connectivity index is 4.03. The quantitative estimate of drug-likeness (QED) is 0.652. The van der Waals surface area contributed by atoms with Crippen LogP contribution < -0.4 is 0 Å². The van der Waals surface area contributed by atoms with Crippen molar-refractivity contribution in [2.24, 2.45) is 0 Å². The number of aliphatic hydroxyl groups is 1. The topological polar surface area (TPSA) is 72.8 Å². The Hall–Kier alpha value is -1.10. The van der Waals surface area contributed by atoms with Crippen molar-refractivity contribution in [2.45, 2.75) is 78.1 Å². The van der Waals surface area contributed by atoms with Gasteiger partial charge < -0.3 is 14.6 Å². The first-order valence-electron chi connectivity index (χ1n) is 6.98. The van der Waals surface area contributed by atoms with E-state index in [1.807, 2.05) is 13.8 Å². The van der Waals surface area contributed by atoms with Crippen LogP contribution in [0.3, 0.4) is 0 Å². The lowest BCUT2D eigenvalue weighted by atomic mass is 10.2. The van der Waals surface area contributed by atoms with Crippen molar-refractivity contribution in [1.82, 2.24) is 0 Å². The Morgan fingerprint density at radius 1 is 1.00 bits per heavy atom. The van der Waals surface area contributed by atoms with Crippen LogP contribution >= 0.6 is 0 Å². The standard InChI is InChI=1S/C14H26O5/c1-5-7-10(3)18-13(16)9-12(15)14(17)19-11(4)8-6-2/h10-12,15H,5-9H2,1-4H3. The van der Waals surface area contributed by atoms with Gasteiger partial charge in [-0.3, -0.25) is 4.79 Å². The van der Waals surface area contributed by atoms with Gasteiger partial charge in [-0.25, -0.2) is 4.79 Å². The van der Waals surface area contributed by atoms with Crippen molar-refractivity contribution >= 4 is 11.9 Å². The second-order valence-corrected chi connectivity index (χ2v) is 4.85. The number of hydrogen-bond donors (Lipinski definition) is 1. The van der Waals surface area contributed by atoms with Gasteiger partial charge in [0.2, 0.25) is 0 Å². The predicted molar refractivity (Wildman–Crippen MR) is 71.5 cm³/mol. The number of aliphatic hydroxyl groups excluding tert-OH is 1. The van der Waals surface area contributed by atoms with E-state index in [9.17, 15) is 14.7 Å². The molecule has 5 heteroatoms. The fraction of sp³-hybridized carbons (Fsp3) is 0.857. The summed E-state index contributed by atoms with van der Waals surface area (Å²) in [6.45, 7) is 7.52. The molecule has 0 aromatic heterocycles.